The molecular formula is C14H18Br4O4. The Hall–Kier alpha value is 0.860. The van der Waals surface area contributed by atoms with Crippen LogP contribution in [-0.4, -0.2) is 31.2 Å². The number of carbonyl (C=O) groups is 2. The zero-order chi connectivity index (χ0) is 16.3. The van der Waals surface area contributed by atoms with Gasteiger partial charge in [-0.25, -0.2) is 19.4 Å². The van der Waals surface area contributed by atoms with Crippen molar-refractivity contribution in [1.29, 1.82) is 0 Å². The third kappa shape index (κ3) is 4.70. The maximum atomic E-state index is 12.1. The quantitative estimate of drug-likeness (QED) is 0.276. The Morgan fingerprint density at radius 3 is 1.41 bits per heavy atom. The monoisotopic (exact) mass is 566 g/mol. The maximum Gasteiger partial charge on any atom is 0.359 e. The van der Waals surface area contributed by atoms with Gasteiger partial charge in [-0.2, -0.15) is 0 Å². The van der Waals surface area contributed by atoms with Crippen LogP contribution in [0.1, 0.15) is 38.5 Å². The Morgan fingerprint density at radius 1 is 0.682 bits per heavy atom. The van der Waals surface area contributed by atoms with Crippen LogP contribution in [0.3, 0.4) is 0 Å². The topological polar surface area (TPSA) is 52.6 Å². The smallest absolute Gasteiger partial charge is 0.247 e. The molecule has 2 aliphatic carbocycles. The van der Waals surface area contributed by atoms with E-state index in [1.807, 2.05) is 0 Å². The molecule has 2 fully saturated rings. The Bertz CT molecular complexity index is 382. The van der Waals surface area contributed by atoms with Gasteiger partial charge in [-0.3, -0.25) is 0 Å². The largest absolute Gasteiger partial charge is 0.359 e. The first-order valence-electron chi connectivity index (χ1n) is 7.40. The molecule has 0 aromatic carbocycles. The van der Waals surface area contributed by atoms with Crippen LogP contribution in [0.15, 0.2) is 0 Å². The molecule has 8 heteroatoms. The number of hydrogen-bond donors (Lipinski definition) is 0. The molecule has 4 nitrogen and oxygen atoms in total. The van der Waals surface area contributed by atoms with Crippen LogP contribution in [0.4, 0.5) is 0 Å². The number of carbonyl (C=O) groups excluding carboxylic acids is 2. The second-order valence-electron chi connectivity index (χ2n) is 5.80. The van der Waals surface area contributed by atoms with E-state index in [2.05, 4.69) is 63.7 Å². The van der Waals surface area contributed by atoms with Crippen molar-refractivity contribution in [3.8, 4) is 0 Å². The average Bonchev–Trinajstić information content (AvgIpc) is 2.50. The fourth-order valence-electron chi connectivity index (χ4n) is 2.91. The lowest BCUT2D eigenvalue weighted by Crippen LogP contribution is -2.38. The van der Waals surface area contributed by atoms with Crippen molar-refractivity contribution in [2.45, 2.75) is 57.8 Å². The fraction of sp³-hybridized carbons (Fsp3) is 0.857. The van der Waals surface area contributed by atoms with Crippen molar-refractivity contribution in [3.63, 3.8) is 0 Å². The Morgan fingerprint density at radius 2 is 1.05 bits per heavy atom. The normalized spacial score (nSPS) is 39.1. The standard InChI is InChI=1S/C14H18Br4O4/c15-9-5-1-3-7(11(9)17)13(19)21-22-14(20)8-4-2-6-10(16)12(8)18/h7-12H,1-6H2. The zero-order valence-corrected chi connectivity index (χ0v) is 18.2. The number of halogens is 4. The SMILES string of the molecule is O=C(OOC(=O)C1CCCC(Br)C1Br)C1CCCC(Br)C1Br. The molecule has 0 N–H and O–H groups in total. The van der Waals surface area contributed by atoms with Crippen LogP contribution in [0.25, 0.3) is 0 Å². The Kier molecular flexibility index (Phi) is 7.68. The van der Waals surface area contributed by atoms with Crippen LogP contribution >= 0.6 is 63.7 Å². The van der Waals surface area contributed by atoms with Gasteiger partial charge in [-0.1, -0.05) is 76.6 Å². The zero-order valence-electron chi connectivity index (χ0n) is 11.9. The number of hydrogen-bond acceptors (Lipinski definition) is 4. The predicted molar refractivity (Wildman–Crippen MR) is 97.7 cm³/mol. The van der Waals surface area contributed by atoms with Gasteiger partial charge in [0, 0.05) is 19.3 Å². The summed E-state index contributed by atoms with van der Waals surface area (Å²) < 4.78 is 0. The van der Waals surface area contributed by atoms with Crippen LogP contribution in [0.5, 0.6) is 0 Å². The molecule has 0 amide bonds. The maximum absolute atomic E-state index is 12.1. The molecular weight excluding hydrogens is 552 g/mol. The van der Waals surface area contributed by atoms with Gasteiger partial charge in [0.1, 0.15) is 0 Å². The van der Waals surface area contributed by atoms with Crippen molar-refractivity contribution in [2.24, 2.45) is 11.8 Å². The predicted octanol–water partition coefficient (Wildman–Crippen LogP) is 4.64. The second-order valence-corrected chi connectivity index (χ2v) is 10.3. The lowest BCUT2D eigenvalue weighted by atomic mass is 9.89. The summed E-state index contributed by atoms with van der Waals surface area (Å²) in [6, 6.07) is 0. The Labute approximate surface area is 163 Å². The van der Waals surface area contributed by atoms with Crippen LogP contribution in [0.2, 0.25) is 0 Å². The summed E-state index contributed by atoms with van der Waals surface area (Å²) in [4.78, 5) is 34.3. The molecule has 126 valence electrons. The first-order chi connectivity index (χ1) is 10.4. The van der Waals surface area contributed by atoms with Crippen molar-refractivity contribution in [1.82, 2.24) is 0 Å². The highest BCUT2D eigenvalue weighted by Gasteiger charge is 2.39. The minimum Gasteiger partial charge on any atom is -0.247 e. The molecule has 6 atom stereocenters. The molecule has 0 aliphatic heterocycles. The molecule has 22 heavy (non-hydrogen) atoms. The third-order valence-corrected chi connectivity index (χ3v) is 10.3. The molecule has 2 saturated carbocycles. The van der Waals surface area contributed by atoms with E-state index in [1.165, 1.54) is 0 Å². The van der Waals surface area contributed by atoms with E-state index in [0.717, 1.165) is 38.5 Å². The third-order valence-electron chi connectivity index (χ3n) is 4.26. The van der Waals surface area contributed by atoms with Gasteiger partial charge in [0.05, 0.1) is 11.8 Å². The second kappa shape index (κ2) is 8.81. The van der Waals surface area contributed by atoms with Gasteiger partial charge in [0.15, 0.2) is 0 Å². The van der Waals surface area contributed by atoms with Crippen molar-refractivity contribution >= 4 is 75.7 Å². The number of rotatable bonds is 2. The highest BCUT2D eigenvalue weighted by Crippen LogP contribution is 2.37. The van der Waals surface area contributed by atoms with Crippen LogP contribution < -0.4 is 0 Å². The first-order valence-corrected chi connectivity index (χ1v) is 11.1. The Balaban J connectivity index is 1.84. The molecule has 2 aliphatic rings. The molecule has 0 saturated heterocycles. The van der Waals surface area contributed by atoms with Crippen LogP contribution in [0, 0.1) is 11.8 Å². The molecule has 0 aromatic heterocycles. The van der Waals surface area contributed by atoms with Crippen molar-refractivity contribution in [2.75, 3.05) is 0 Å². The highest BCUT2D eigenvalue weighted by atomic mass is 79.9. The van der Waals surface area contributed by atoms with Crippen molar-refractivity contribution in [3.05, 3.63) is 0 Å². The van der Waals surface area contributed by atoms with Gasteiger partial charge >= 0.3 is 11.9 Å². The molecule has 0 radical (unpaired) electrons. The summed E-state index contributed by atoms with van der Waals surface area (Å²) in [6.07, 6.45) is 5.40. The lowest BCUT2D eigenvalue weighted by Gasteiger charge is -2.30. The van der Waals surface area contributed by atoms with Gasteiger partial charge < -0.3 is 0 Å². The van der Waals surface area contributed by atoms with Gasteiger partial charge in [0.2, 0.25) is 0 Å². The summed E-state index contributed by atoms with van der Waals surface area (Å²) in [5.74, 6) is -1.53. The van der Waals surface area contributed by atoms with Gasteiger partial charge in [-0.15, -0.1) is 0 Å². The van der Waals surface area contributed by atoms with E-state index in [-0.39, 0.29) is 31.1 Å². The van der Waals surface area contributed by atoms with E-state index in [1.54, 1.807) is 0 Å². The molecule has 0 spiro atoms. The van der Waals surface area contributed by atoms with E-state index >= 15 is 0 Å². The summed E-state index contributed by atoms with van der Waals surface area (Å²) >= 11 is 14.1. The summed E-state index contributed by atoms with van der Waals surface area (Å²) in [5, 5.41) is 0. The van der Waals surface area contributed by atoms with Gasteiger partial charge in [0.25, 0.3) is 0 Å². The van der Waals surface area contributed by atoms with E-state index in [4.69, 9.17) is 9.78 Å². The van der Waals surface area contributed by atoms with Gasteiger partial charge in [-0.05, 0) is 25.7 Å². The fourth-order valence-corrected chi connectivity index (χ4v) is 5.78. The minimum absolute atomic E-state index is 0.00187. The molecule has 0 heterocycles. The lowest BCUT2D eigenvalue weighted by molar-refractivity contribution is -0.266. The highest BCUT2D eigenvalue weighted by molar-refractivity contribution is 9.12. The summed E-state index contributed by atoms with van der Waals surface area (Å²) in [5.41, 5.74) is 0. The molecule has 2 rings (SSSR count). The minimum atomic E-state index is -0.475. The van der Waals surface area contributed by atoms with E-state index in [9.17, 15) is 9.59 Å². The van der Waals surface area contributed by atoms with Crippen molar-refractivity contribution < 1.29 is 19.4 Å². The van der Waals surface area contributed by atoms with Crippen LogP contribution in [-0.2, 0) is 19.4 Å². The average molecular weight is 570 g/mol. The first kappa shape index (κ1) is 19.2. The molecule has 6 unspecified atom stereocenters. The summed E-state index contributed by atoms with van der Waals surface area (Å²) in [7, 11) is 0. The molecule has 0 bridgehead atoms. The number of alkyl halides is 4. The van der Waals surface area contributed by atoms with E-state index in [0.29, 0.717) is 0 Å². The summed E-state index contributed by atoms with van der Waals surface area (Å²) in [6.45, 7) is 0. The van der Waals surface area contributed by atoms with E-state index < -0.39 is 11.9 Å². The molecule has 0 aromatic rings.